The quantitative estimate of drug-likeness (QED) is 0.426. The highest BCUT2D eigenvalue weighted by molar-refractivity contribution is 5.80. The summed E-state index contributed by atoms with van der Waals surface area (Å²) in [5.74, 6) is -0.301. The van der Waals surface area contributed by atoms with Crippen molar-refractivity contribution in [3.8, 4) is 16.9 Å². The highest BCUT2D eigenvalue weighted by Crippen LogP contribution is 2.44. The Balaban J connectivity index is 1.34. The molecule has 0 saturated heterocycles. The van der Waals surface area contributed by atoms with Crippen LogP contribution in [0.5, 0.6) is 5.75 Å². The number of aliphatic hydroxyl groups is 2. The van der Waals surface area contributed by atoms with Crippen molar-refractivity contribution in [2.45, 2.75) is 18.1 Å². The van der Waals surface area contributed by atoms with Crippen LogP contribution in [0.1, 0.15) is 39.1 Å². The predicted octanol–water partition coefficient (Wildman–Crippen LogP) is 3.14. The minimum atomic E-state index is -1.36. The second-order valence-corrected chi connectivity index (χ2v) is 7.65. The number of rotatable bonds is 7. The fourth-order valence-corrected chi connectivity index (χ4v) is 4.02. The first-order chi connectivity index (χ1) is 15.5. The molecule has 3 aromatic rings. The number of alkyl carbamates (subject to hydrolysis) is 1. The number of hydrogen-bond acceptors (Lipinski definition) is 6. The summed E-state index contributed by atoms with van der Waals surface area (Å²) in [5, 5.41) is 32.5. The third-order valence-corrected chi connectivity index (χ3v) is 5.68. The summed E-state index contributed by atoms with van der Waals surface area (Å²) >= 11 is 0. The number of carbonyl (C=O) groups excluding carboxylic acids is 2. The van der Waals surface area contributed by atoms with Gasteiger partial charge < -0.3 is 25.4 Å². The molecule has 0 heterocycles. The Bertz CT molecular complexity index is 1100. The number of carbonyl (C=O) groups is 2. The van der Waals surface area contributed by atoms with Crippen LogP contribution < -0.4 is 5.32 Å². The minimum Gasteiger partial charge on any atom is -0.507 e. The average Bonchev–Trinajstić information content (AvgIpc) is 3.14. The maximum absolute atomic E-state index is 12.2. The normalized spacial score (nSPS) is 14.2. The zero-order chi connectivity index (χ0) is 22.7. The van der Waals surface area contributed by atoms with E-state index >= 15 is 0 Å². The zero-order valence-corrected chi connectivity index (χ0v) is 17.1. The van der Waals surface area contributed by atoms with Gasteiger partial charge in [0.25, 0.3) is 0 Å². The fraction of sp³-hybridized carbons (Fsp3) is 0.200. The lowest BCUT2D eigenvalue weighted by Gasteiger charge is -2.20. The molecule has 1 aliphatic carbocycles. The molecule has 0 fully saturated rings. The maximum atomic E-state index is 12.2. The van der Waals surface area contributed by atoms with Crippen molar-refractivity contribution in [3.63, 3.8) is 0 Å². The first kappa shape index (κ1) is 21.5. The monoisotopic (exact) mass is 433 g/mol. The van der Waals surface area contributed by atoms with Crippen molar-refractivity contribution in [1.82, 2.24) is 5.32 Å². The summed E-state index contributed by atoms with van der Waals surface area (Å²) < 4.78 is 5.41. The molecule has 0 bridgehead atoms. The molecule has 3 aromatic carbocycles. The molecule has 0 radical (unpaired) electrons. The number of aromatic hydroxyl groups is 1. The number of aliphatic hydroxyl groups excluding tert-OH is 2. The largest absolute Gasteiger partial charge is 0.507 e. The lowest BCUT2D eigenvalue weighted by atomic mass is 9.98. The summed E-state index contributed by atoms with van der Waals surface area (Å²) in [6, 6.07) is 19.9. The minimum absolute atomic E-state index is 0.00162. The number of amides is 1. The number of aldehydes is 1. The average molecular weight is 433 g/mol. The van der Waals surface area contributed by atoms with E-state index in [0.717, 1.165) is 22.3 Å². The standard InChI is InChI=1S/C25H23NO6/c27-13-16-11-15(9-10-22(16)28)24(30)23(29)12-26-25(31)32-14-21-19-7-3-1-5-17(19)18-6-2-4-8-20(18)21/h1-11,13,21,23-24,28-30H,12,14H2,(H,26,31). The maximum Gasteiger partial charge on any atom is 0.407 e. The number of hydrogen-bond donors (Lipinski definition) is 4. The van der Waals surface area contributed by atoms with Crippen LogP contribution in [0.25, 0.3) is 11.1 Å². The van der Waals surface area contributed by atoms with E-state index in [2.05, 4.69) is 5.32 Å². The molecule has 0 saturated carbocycles. The number of ether oxygens (including phenoxy) is 1. The summed E-state index contributed by atoms with van der Waals surface area (Å²) in [6.45, 7) is -0.117. The van der Waals surface area contributed by atoms with Crippen LogP contribution in [0.4, 0.5) is 4.79 Å². The molecule has 4 N–H and O–H groups in total. The van der Waals surface area contributed by atoms with Gasteiger partial charge in [0, 0.05) is 12.5 Å². The Morgan fingerprint density at radius 1 is 1.00 bits per heavy atom. The number of phenolic OH excluding ortho intramolecular Hbond substituents is 1. The molecule has 0 spiro atoms. The smallest absolute Gasteiger partial charge is 0.407 e. The first-order valence-corrected chi connectivity index (χ1v) is 10.2. The third kappa shape index (κ3) is 4.21. The fourth-order valence-electron chi connectivity index (χ4n) is 4.02. The summed E-state index contributed by atoms with van der Waals surface area (Å²) in [4.78, 5) is 23.2. The van der Waals surface area contributed by atoms with Gasteiger partial charge in [0.15, 0.2) is 6.29 Å². The Labute approximate surface area is 184 Å². The summed E-state index contributed by atoms with van der Waals surface area (Å²) in [5.41, 5.74) is 4.68. The number of benzene rings is 3. The van der Waals surface area contributed by atoms with Crippen LogP contribution in [0.15, 0.2) is 66.7 Å². The third-order valence-electron chi connectivity index (χ3n) is 5.68. The summed E-state index contributed by atoms with van der Waals surface area (Å²) in [6.07, 6.45) is -2.95. The Morgan fingerprint density at radius 3 is 2.25 bits per heavy atom. The topological polar surface area (TPSA) is 116 Å². The SMILES string of the molecule is O=Cc1cc(C(O)C(O)CNC(=O)OCC2c3ccccc3-c3ccccc32)ccc1O. The molecule has 32 heavy (non-hydrogen) atoms. The highest BCUT2D eigenvalue weighted by Gasteiger charge is 2.29. The van der Waals surface area contributed by atoms with Gasteiger partial charge in [-0.2, -0.15) is 0 Å². The van der Waals surface area contributed by atoms with E-state index in [0.29, 0.717) is 6.29 Å². The molecular weight excluding hydrogens is 410 g/mol. The van der Waals surface area contributed by atoms with Crippen LogP contribution in [0.2, 0.25) is 0 Å². The van der Waals surface area contributed by atoms with Crippen LogP contribution >= 0.6 is 0 Å². The number of fused-ring (bicyclic) bond motifs is 3. The Hall–Kier alpha value is -3.68. The van der Waals surface area contributed by atoms with Crippen molar-refractivity contribution in [1.29, 1.82) is 0 Å². The molecule has 164 valence electrons. The van der Waals surface area contributed by atoms with Gasteiger partial charge in [0.2, 0.25) is 0 Å². The van der Waals surface area contributed by atoms with Crippen molar-refractivity contribution < 1.29 is 29.6 Å². The van der Waals surface area contributed by atoms with Crippen LogP contribution in [-0.2, 0) is 4.74 Å². The molecular formula is C25H23NO6. The highest BCUT2D eigenvalue weighted by atomic mass is 16.5. The van der Waals surface area contributed by atoms with Crippen molar-refractivity contribution in [3.05, 3.63) is 89.0 Å². The molecule has 0 aromatic heterocycles. The van der Waals surface area contributed by atoms with Crippen LogP contribution in [0.3, 0.4) is 0 Å². The lowest BCUT2D eigenvalue weighted by Crippen LogP contribution is -2.36. The molecule has 1 amide bonds. The molecule has 1 aliphatic rings. The van der Waals surface area contributed by atoms with Gasteiger partial charge in [-0.05, 0) is 39.9 Å². The summed E-state index contributed by atoms with van der Waals surface area (Å²) in [7, 11) is 0. The molecule has 4 rings (SSSR count). The molecule has 2 atom stereocenters. The number of phenols is 1. The second kappa shape index (κ2) is 9.21. The molecule has 7 nitrogen and oxygen atoms in total. The number of nitrogens with one attached hydrogen (secondary N) is 1. The van der Waals surface area contributed by atoms with Crippen LogP contribution in [0, 0.1) is 0 Å². The molecule has 7 heteroatoms. The van der Waals surface area contributed by atoms with E-state index in [9.17, 15) is 24.9 Å². The van der Waals surface area contributed by atoms with Crippen molar-refractivity contribution in [2.24, 2.45) is 0 Å². The van der Waals surface area contributed by atoms with Gasteiger partial charge in [-0.25, -0.2) is 4.79 Å². The van der Waals surface area contributed by atoms with Crippen molar-refractivity contribution >= 4 is 12.4 Å². The van der Waals surface area contributed by atoms with E-state index in [1.165, 1.54) is 18.2 Å². The van der Waals surface area contributed by atoms with Gasteiger partial charge in [-0.3, -0.25) is 4.79 Å². The Kier molecular flexibility index (Phi) is 6.20. The zero-order valence-electron chi connectivity index (χ0n) is 17.1. The van der Waals surface area contributed by atoms with Gasteiger partial charge in [-0.1, -0.05) is 54.6 Å². The lowest BCUT2D eigenvalue weighted by molar-refractivity contribution is 0.0185. The van der Waals surface area contributed by atoms with E-state index in [4.69, 9.17) is 4.74 Å². The van der Waals surface area contributed by atoms with Crippen molar-refractivity contribution in [2.75, 3.05) is 13.2 Å². The van der Waals surface area contributed by atoms with E-state index in [1.54, 1.807) is 0 Å². The van der Waals surface area contributed by atoms with Gasteiger partial charge in [0.1, 0.15) is 24.6 Å². The van der Waals surface area contributed by atoms with E-state index in [1.807, 2.05) is 48.5 Å². The van der Waals surface area contributed by atoms with Gasteiger partial charge >= 0.3 is 6.09 Å². The molecule has 0 aliphatic heterocycles. The van der Waals surface area contributed by atoms with Gasteiger partial charge in [0.05, 0.1) is 5.56 Å². The van der Waals surface area contributed by atoms with E-state index < -0.39 is 18.3 Å². The molecule has 2 unspecified atom stereocenters. The van der Waals surface area contributed by atoms with Gasteiger partial charge in [-0.15, -0.1) is 0 Å². The van der Waals surface area contributed by atoms with E-state index in [-0.39, 0.29) is 35.9 Å². The second-order valence-electron chi connectivity index (χ2n) is 7.65. The predicted molar refractivity (Wildman–Crippen MR) is 118 cm³/mol. The first-order valence-electron chi connectivity index (χ1n) is 10.2. The Morgan fingerprint density at radius 2 is 1.62 bits per heavy atom. The van der Waals surface area contributed by atoms with Crippen LogP contribution in [-0.4, -0.2) is 47.0 Å².